The highest BCUT2D eigenvalue weighted by Gasteiger charge is 2.38. The van der Waals surface area contributed by atoms with E-state index in [-0.39, 0.29) is 0 Å². The molecule has 1 saturated carbocycles. The van der Waals surface area contributed by atoms with E-state index in [1.807, 2.05) is 0 Å². The van der Waals surface area contributed by atoms with E-state index >= 15 is 0 Å². The Balaban J connectivity index is 1.54. The van der Waals surface area contributed by atoms with Gasteiger partial charge in [0.25, 0.3) is 0 Å². The van der Waals surface area contributed by atoms with E-state index in [4.69, 9.17) is 4.74 Å². The predicted molar refractivity (Wildman–Crippen MR) is 69.1 cm³/mol. The summed E-state index contributed by atoms with van der Waals surface area (Å²) in [7, 11) is 0. The van der Waals surface area contributed by atoms with Gasteiger partial charge < -0.3 is 15.0 Å². The number of ether oxygens (including phenoxy) is 1. The zero-order valence-electron chi connectivity index (χ0n) is 11.1. The molecule has 2 aliphatic heterocycles. The van der Waals surface area contributed by atoms with Crippen molar-refractivity contribution in [2.24, 2.45) is 11.3 Å². The Labute approximate surface area is 105 Å². The monoisotopic (exact) mass is 238 g/mol. The molecular formula is C14H26N2O. The Hall–Kier alpha value is -0.120. The fraction of sp³-hybridized carbons (Fsp3) is 1.00. The van der Waals surface area contributed by atoms with Gasteiger partial charge in [0.15, 0.2) is 0 Å². The smallest absolute Gasteiger partial charge is 0.0547 e. The van der Waals surface area contributed by atoms with E-state index in [1.54, 1.807) is 0 Å². The lowest BCUT2D eigenvalue weighted by molar-refractivity contribution is 0.117. The molecule has 3 nitrogen and oxygen atoms in total. The van der Waals surface area contributed by atoms with Crippen molar-refractivity contribution < 1.29 is 4.74 Å². The van der Waals surface area contributed by atoms with E-state index in [0.29, 0.717) is 5.41 Å². The van der Waals surface area contributed by atoms with Gasteiger partial charge in [0.05, 0.1) is 6.61 Å². The first-order chi connectivity index (χ1) is 8.26. The van der Waals surface area contributed by atoms with Crippen molar-refractivity contribution >= 4 is 0 Å². The highest BCUT2D eigenvalue weighted by Crippen LogP contribution is 2.32. The van der Waals surface area contributed by atoms with E-state index in [0.717, 1.165) is 25.2 Å². The molecule has 1 N–H and O–H groups in total. The molecule has 2 saturated heterocycles. The molecule has 3 rings (SSSR count). The lowest BCUT2D eigenvalue weighted by Gasteiger charge is -2.32. The molecule has 2 atom stereocenters. The van der Waals surface area contributed by atoms with E-state index in [2.05, 4.69) is 17.1 Å². The Bertz CT molecular complexity index is 259. The zero-order valence-corrected chi connectivity index (χ0v) is 11.1. The summed E-state index contributed by atoms with van der Waals surface area (Å²) < 4.78 is 5.68. The first kappa shape index (κ1) is 11.9. The van der Waals surface area contributed by atoms with Crippen LogP contribution >= 0.6 is 0 Å². The second kappa shape index (κ2) is 4.87. The summed E-state index contributed by atoms with van der Waals surface area (Å²) in [6.07, 6.45) is 5.40. The first-order valence-electron chi connectivity index (χ1n) is 7.29. The number of rotatable bonds is 5. The molecule has 0 amide bonds. The van der Waals surface area contributed by atoms with Crippen LogP contribution in [0.2, 0.25) is 0 Å². The summed E-state index contributed by atoms with van der Waals surface area (Å²) in [5.74, 6) is 0.894. The minimum absolute atomic E-state index is 0.409. The van der Waals surface area contributed by atoms with Gasteiger partial charge in [-0.3, -0.25) is 0 Å². The molecule has 2 heterocycles. The molecule has 0 bridgehead atoms. The molecule has 0 aromatic rings. The topological polar surface area (TPSA) is 24.5 Å². The number of likely N-dealkylation sites (tertiary alicyclic amines) is 1. The average Bonchev–Trinajstić information content (AvgIpc) is 2.90. The van der Waals surface area contributed by atoms with E-state index in [9.17, 15) is 0 Å². The maximum atomic E-state index is 5.68. The average molecular weight is 238 g/mol. The lowest BCUT2D eigenvalue weighted by atomic mass is 9.86. The van der Waals surface area contributed by atoms with Gasteiger partial charge in [-0.05, 0) is 38.1 Å². The van der Waals surface area contributed by atoms with Crippen LogP contribution in [0.15, 0.2) is 0 Å². The van der Waals surface area contributed by atoms with Crippen LogP contribution in [0.5, 0.6) is 0 Å². The van der Waals surface area contributed by atoms with Crippen LogP contribution in [0.3, 0.4) is 0 Å². The van der Waals surface area contributed by atoms with E-state index < -0.39 is 0 Å². The molecular weight excluding hydrogens is 212 g/mol. The third-order valence-corrected chi connectivity index (χ3v) is 4.60. The number of nitrogens with one attached hydrogen (secondary N) is 1. The van der Waals surface area contributed by atoms with Crippen LogP contribution in [-0.4, -0.2) is 50.3 Å². The van der Waals surface area contributed by atoms with E-state index in [1.165, 1.54) is 51.9 Å². The SMILES string of the molecule is CC1CCN(CC2(CNC3CC3)CCOC2)C1. The largest absolute Gasteiger partial charge is 0.381 e. The maximum absolute atomic E-state index is 5.68. The quantitative estimate of drug-likeness (QED) is 0.785. The standard InChI is InChI=1S/C14H26N2O/c1-12-4-6-16(8-12)10-14(5-7-17-11-14)9-15-13-2-3-13/h12-13,15H,2-11H2,1H3. The molecule has 1 aliphatic carbocycles. The predicted octanol–water partition coefficient (Wildman–Crippen LogP) is 1.49. The van der Waals surface area contributed by atoms with Gasteiger partial charge >= 0.3 is 0 Å². The lowest BCUT2D eigenvalue weighted by Crippen LogP contribution is -2.44. The minimum atomic E-state index is 0.409. The van der Waals surface area contributed by atoms with Crippen LogP contribution in [0.1, 0.15) is 32.6 Å². The van der Waals surface area contributed by atoms with Crippen molar-refractivity contribution in [2.45, 2.75) is 38.6 Å². The molecule has 3 heteroatoms. The van der Waals surface area contributed by atoms with Crippen LogP contribution < -0.4 is 5.32 Å². The van der Waals surface area contributed by atoms with Crippen LogP contribution in [0.25, 0.3) is 0 Å². The van der Waals surface area contributed by atoms with Gasteiger partial charge in [0, 0.05) is 37.7 Å². The Kier molecular flexibility index (Phi) is 3.42. The van der Waals surface area contributed by atoms with Crippen molar-refractivity contribution in [3.8, 4) is 0 Å². The molecule has 0 spiro atoms. The summed E-state index contributed by atoms with van der Waals surface area (Å²) in [6, 6.07) is 0.824. The molecule has 0 aromatic heterocycles. The van der Waals surface area contributed by atoms with Crippen molar-refractivity contribution in [3.63, 3.8) is 0 Å². The van der Waals surface area contributed by atoms with Gasteiger partial charge in [-0.1, -0.05) is 6.92 Å². The number of hydrogen-bond donors (Lipinski definition) is 1. The molecule has 0 radical (unpaired) electrons. The Morgan fingerprint density at radius 1 is 1.35 bits per heavy atom. The zero-order chi connectivity index (χ0) is 11.7. The van der Waals surface area contributed by atoms with Crippen LogP contribution in [0.4, 0.5) is 0 Å². The van der Waals surface area contributed by atoms with Crippen LogP contribution in [-0.2, 0) is 4.74 Å². The minimum Gasteiger partial charge on any atom is -0.381 e. The van der Waals surface area contributed by atoms with Crippen LogP contribution in [0, 0.1) is 11.3 Å². The Morgan fingerprint density at radius 3 is 2.82 bits per heavy atom. The summed E-state index contributed by atoms with van der Waals surface area (Å²) in [4.78, 5) is 2.66. The molecule has 3 fully saturated rings. The fourth-order valence-electron chi connectivity index (χ4n) is 3.26. The summed E-state index contributed by atoms with van der Waals surface area (Å²) in [6.45, 7) is 9.32. The molecule has 3 aliphatic rings. The highest BCUT2D eigenvalue weighted by molar-refractivity contribution is 4.93. The highest BCUT2D eigenvalue weighted by atomic mass is 16.5. The first-order valence-corrected chi connectivity index (χ1v) is 7.29. The second-order valence-corrected chi connectivity index (χ2v) is 6.59. The normalized spacial score (nSPS) is 39.0. The third kappa shape index (κ3) is 3.01. The van der Waals surface area contributed by atoms with Gasteiger partial charge in [0.1, 0.15) is 0 Å². The van der Waals surface area contributed by atoms with Crippen molar-refractivity contribution in [2.75, 3.05) is 39.4 Å². The third-order valence-electron chi connectivity index (χ3n) is 4.60. The number of hydrogen-bond acceptors (Lipinski definition) is 3. The van der Waals surface area contributed by atoms with Crippen molar-refractivity contribution in [1.82, 2.24) is 10.2 Å². The van der Waals surface area contributed by atoms with Gasteiger partial charge in [0.2, 0.25) is 0 Å². The summed E-state index contributed by atoms with van der Waals surface area (Å²) >= 11 is 0. The molecule has 0 aromatic carbocycles. The maximum Gasteiger partial charge on any atom is 0.0547 e. The van der Waals surface area contributed by atoms with Gasteiger partial charge in [-0.25, -0.2) is 0 Å². The fourth-order valence-corrected chi connectivity index (χ4v) is 3.26. The molecule has 98 valence electrons. The van der Waals surface area contributed by atoms with Crippen molar-refractivity contribution in [1.29, 1.82) is 0 Å². The second-order valence-electron chi connectivity index (χ2n) is 6.59. The molecule has 17 heavy (non-hydrogen) atoms. The molecule has 2 unspecified atom stereocenters. The summed E-state index contributed by atoms with van der Waals surface area (Å²) in [5.41, 5.74) is 0.409. The van der Waals surface area contributed by atoms with Crippen molar-refractivity contribution in [3.05, 3.63) is 0 Å². The summed E-state index contributed by atoms with van der Waals surface area (Å²) in [5, 5.41) is 3.72. The number of nitrogens with zero attached hydrogens (tertiary/aromatic N) is 1. The van der Waals surface area contributed by atoms with Gasteiger partial charge in [-0.2, -0.15) is 0 Å². The Morgan fingerprint density at radius 2 is 2.24 bits per heavy atom. The van der Waals surface area contributed by atoms with Gasteiger partial charge in [-0.15, -0.1) is 0 Å².